The van der Waals surface area contributed by atoms with Crippen molar-refractivity contribution < 1.29 is 0 Å². The molecule has 0 aliphatic carbocycles. The van der Waals surface area contributed by atoms with Crippen molar-refractivity contribution in [3.63, 3.8) is 0 Å². The molecule has 98 valence electrons. The predicted molar refractivity (Wildman–Crippen MR) is 71.3 cm³/mol. The number of nitrogens with one attached hydrogen (secondary N) is 1. The number of nitrogens with zero attached hydrogens (tertiary/aromatic N) is 4. The third-order valence-corrected chi connectivity index (χ3v) is 2.95. The molecule has 0 radical (unpaired) electrons. The van der Waals surface area contributed by atoms with Crippen molar-refractivity contribution in [1.29, 1.82) is 0 Å². The first-order valence-corrected chi connectivity index (χ1v) is 6.41. The molecule has 0 saturated heterocycles. The predicted octanol–water partition coefficient (Wildman–Crippen LogP) is 1.47. The minimum Gasteiger partial charge on any atom is -0.311 e. The summed E-state index contributed by atoms with van der Waals surface area (Å²) < 4.78 is 3.94. The zero-order valence-corrected chi connectivity index (χ0v) is 11.3. The summed E-state index contributed by atoms with van der Waals surface area (Å²) in [5.41, 5.74) is 3.43. The highest BCUT2D eigenvalue weighted by Gasteiger charge is 2.06. The van der Waals surface area contributed by atoms with E-state index in [2.05, 4.69) is 34.6 Å². The average molecular weight is 247 g/mol. The van der Waals surface area contributed by atoms with Crippen molar-refractivity contribution >= 4 is 0 Å². The van der Waals surface area contributed by atoms with E-state index in [4.69, 9.17) is 0 Å². The first-order chi connectivity index (χ1) is 8.70. The molecule has 1 N–H and O–H groups in total. The van der Waals surface area contributed by atoms with E-state index in [0.717, 1.165) is 31.7 Å². The van der Waals surface area contributed by atoms with Crippen molar-refractivity contribution in [3.8, 4) is 0 Å². The van der Waals surface area contributed by atoms with E-state index in [1.807, 2.05) is 29.5 Å². The normalized spacial score (nSPS) is 11.1. The van der Waals surface area contributed by atoms with Crippen LogP contribution in [0.5, 0.6) is 0 Å². The van der Waals surface area contributed by atoms with Crippen LogP contribution in [-0.4, -0.2) is 26.1 Å². The van der Waals surface area contributed by atoms with Crippen LogP contribution < -0.4 is 5.32 Å². The van der Waals surface area contributed by atoms with E-state index in [-0.39, 0.29) is 0 Å². The average Bonchev–Trinajstić information content (AvgIpc) is 2.88. The van der Waals surface area contributed by atoms with Crippen LogP contribution in [0, 0.1) is 6.92 Å². The van der Waals surface area contributed by atoms with Gasteiger partial charge in [0.1, 0.15) is 0 Å². The maximum atomic E-state index is 4.38. The van der Waals surface area contributed by atoms with Gasteiger partial charge in [0.05, 0.1) is 23.6 Å². The Hall–Kier alpha value is -1.62. The summed E-state index contributed by atoms with van der Waals surface area (Å²) in [5, 5.41) is 12.1. The smallest absolute Gasteiger partial charge is 0.0831 e. The lowest BCUT2D eigenvalue weighted by Crippen LogP contribution is -2.18. The fourth-order valence-electron chi connectivity index (χ4n) is 2.01. The molecule has 0 amide bonds. The van der Waals surface area contributed by atoms with Crippen LogP contribution in [0.1, 0.15) is 30.4 Å². The second kappa shape index (κ2) is 5.82. The molecule has 18 heavy (non-hydrogen) atoms. The highest BCUT2D eigenvalue weighted by Crippen LogP contribution is 2.07. The lowest BCUT2D eigenvalue weighted by molar-refractivity contribution is 0.568. The van der Waals surface area contributed by atoms with Crippen molar-refractivity contribution in [2.45, 2.75) is 33.4 Å². The third kappa shape index (κ3) is 2.98. The van der Waals surface area contributed by atoms with Crippen LogP contribution in [-0.2, 0) is 20.1 Å². The summed E-state index contributed by atoms with van der Waals surface area (Å²) in [7, 11) is 1.97. The number of aryl methyl sites for hydroxylation is 2. The molecule has 2 aromatic rings. The Kier molecular flexibility index (Phi) is 4.15. The Morgan fingerprint density at radius 1 is 1.33 bits per heavy atom. The van der Waals surface area contributed by atoms with Gasteiger partial charge in [-0.15, -0.1) is 0 Å². The van der Waals surface area contributed by atoms with E-state index >= 15 is 0 Å². The van der Waals surface area contributed by atoms with E-state index in [1.165, 1.54) is 11.4 Å². The lowest BCUT2D eigenvalue weighted by atomic mass is 10.3. The van der Waals surface area contributed by atoms with Gasteiger partial charge in [0, 0.05) is 19.8 Å². The third-order valence-electron chi connectivity index (χ3n) is 2.95. The molecule has 0 saturated carbocycles. The van der Waals surface area contributed by atoms with Gasteiger partial charge >= 0.3 is 0 Å². The Morgan fingerprint density at radius 3 is 2.83 bits per heavy atom. The van der Waals surface area contributed by atoms with E-state index < -0.39 is 0 Å². The van der Waals surface area contributed by atoms with Gasteiger partial charge in [-0.3, -0.25) is 9.36 Å². The van der Waals surface area contributed by atoms with E-state index in [0.29, 0.717) is 0 Å². The summed E-state index contributed by atoms with van der Waals surface area (Å²) in [6.07, 6.45) is 3.00. The summed E-state index contributed by atoms with van der Waals surface area (Å²) in [5.74, 6) is 0. The molecular formula is C13H21N5. The van der Waals surface area contributed by atoms with Crippen molar-refractivity contribution in [1.82, 2.24) is 24.9 Å². The molecule has 5 nitrogen and oxygen atoms in total. The number of hydrogen-bond donors (Lipinski definition) is 1. The number of hydrogen-bond acceptors (Lipinski definition) is 3. The Bertz CT molecular complexity index is 497. The summed E-state index contributed by atoms with van der Waals surface area (Å²) >= 11 is 0. The van der Waals surface area contributed by atoms with Gasteiger partial charge in [0.15, 0.2) is 0 Å². The first kappa shape index (κ1) is 12.8. The fraction of sp³-hybridized carbons (Fsp3) is 0.538. The molecule has 2 aromatic heterocycles. The van der Waals surface area contributed by atoms with Gasteiger partial charge in [0.25, 0.3) is 0 Å². The number of rotatable bonds is 6. The van der Waals surface area contributed by atoms with E-state index in [9.17, 15) is 0 Å². The van der Waals surface area contributed by atoms with Gasteiger partial charge < -0.3 is 5.32 Å². The quantitative estimate of drug-likeness (QED) is 0.786. The Balaban J connectivity index is 2.05. The molecule has 5 heteroatoms. The summed E-state index contributed by atoms with van der Waals surface area (Å²) in [6, 6.07) is 4.16. The van der Waals surface area contributed by atoms with Crippen LogP contribution in [0.2, 0.25) is 0 Å². The highest BCUT2D eigenvalue weighted by molar-refractivity contribution is 5.10. The lowest BCUT2D eigenvalue weighted by Gasteiger charge is -2.08. The second-order valence-corrected chi connectivity index (χ2v) is 4.56. The Labute approximate surface area is 108 Å². The molecule has 0 fully saturated rings. The minimum atomic E-state index is 0.771. The van der Waals surface area contributed by atoms with Crippen LogP contribution in [0.3, 0.4) is 0 Å². The van der Waals surface area contributed by atoms with Gasteiger partial charge in [-0.2, -0.15) is 10.2 Å². The van der Waals surface area contributed by atoms with E-state index in [1.54, 1.807) is 0 Å². The number of aromatic nitrogens is 4. The Morgan fingerprint density at radius 2 is 2.17 bits per heavy atom. The van der Waals surface area contributed by atoms with Gasteiger partial charge in [-0.05, 0) is 32.0 Å². The summed E-state index contributed by atoms with van der Waals surface area (Å²) in [4.78, 5) is 0. The topological polar surface area (TPSA) is 47.7 Å². The summed E-state index contributed by atoms with van der Waals surface area (Å²) in [6.45, 7) is 6.85. The molecule has 0 aliphatic heterocycles. The van der Waals surface area contributed by atoms with Crippen molar-refractivity contribution in [2.24, 2.45) is 7.05 Å². The molecular weight excluding hydrogens is 226 g/mol. The molecule has 0 atom stereocenters. The zero-order valence-electron chi connectivity index (χ0n) is 11.3. The minimum absolute atomic E-state index is 0.771. The van der Waals surface area contributed by atoms with Crippen LogP contribution >= 0.6 is 0 Å². The molecule has 0 unspecified atom stereocenters. The molecule has 2 rings (SSSR count). The SMILES string of the molecule is CCCNCc1ccnn1Cc1cc(C)nn1C. The van der Waals surface area contributed by atoms with Crippen molar-refractivity contribution in [2.75, 3.05) is 6.54 Å². The van der Waals surface area contributed by atoms with Gasteiger partial charge in [-0.25, -0.2) is 0 Å². The van der Waals surface area contributed by atoms with Gasteiger partial charge in [0.2, 0.25) is 0 Å². The first-order valence-electron chi connectivity index (χ1n) is 6.41. The van der Waals surface area contributed by atoms with Crippen LogP contribution in [0.4, 0.5) is 0 Å². The van der Waals surface area contributed by atoms with Crippen LogP contribution in [0.25, 0.3) is 0 Å². The second-order valence-electron chi connectivity index (χ2n) is 4.56. The monoisotopic (exact) mass is 247 g/mol. The standard InChI is InChI=1S/C13H21N5/c1-4-6-14-9-12-5-7-15-18(12)10-13-8-11(2)16-17(13)3/h5,7-8,14H,4,6,9-10H2,1-3H3. The molecule has 0 aliphatic rings. The van der Waals surface area contributed by atoms with Crippen molar-refractivity contribution in [3.05, 3.63) is 35.4 Å². The maximum absolute atomic E-state index is 4.38. The molecule has 2 heterocycles. The van der Waals surface area contributed by atoms with Crippen LogP contribution in [0.15, 0.2) is 18.3 Å². The molecule has 0 bridgehead atoms. The molecule has 0 aromatic carbocycles. The largest absolute Gasteiger partial charge is 0.311 e. The maximum Gasteiger partial charge on any atom is 0.0831 e. The highest BCUT2D eigenvalue weighted by atomic mass is 15.3. The van der Waals surface area contributed by atoms with Gasteiger partial charge in [-0.1, -0.05) is 6.92 Å². The fourth-order valence-corrected chi connectivity index (χ4v) is 2.01. The zero-order chi connectivity index (χ0) is 13.0. The molecule has 0 spiro atoms.